The van der Waals surface area contributed by atoms with Gasteiger partial charge in [-0.1, -0.05) is 19.6 Å². The summed E-state index contributed by atoms with van der Waals surface area (Å²) < 4.78 is 1.80. The number of pyridine rings is 1. The highest BCUT2D eigenvalue weighted by molar-refractivity contribution is 6.07. The molecule has 0 atom stereocenters. The van der Waals surface area contributed by atoms with E-state index in [4.69, 9.17) is 0 Å². The quantitative estimate of drug-likeness (QED) is 0.786. The van der Waals surface area contributed by atoms with Gasteiger partial charge in [0.1, 0.15) is 0 Å². The summed E-state index contributed by atoms with van der Waals surface area (Å²) in [6.45, 7) is 10.1. The summed E-state index contributed by atoms with van der Waals surface area (Å²) in [5.41, 5.74) is 4.06. The molecule has 19 heavy (non-hydrogen) atoms. The molecule has 0 saturated heterocycles. The van der Waals surface area contributed by atoms with Gasteiger partial charge in [0.15, 0.2) is 11.5 Å². The molecule has 4 nitrogen and oxygen atoms in total. The van der Waals surface area contributed by atoms with Crippen molar-refractivity contribution >= 4 is 17.4 Å². The monoisotopic (exact) mass is 254 g/mol. The second-order valence-corrected chi connectivity index (χ2v) is 4.36. The zero-order valence-electron chi connectivity index (χ0n) is 11.6. The summed E-state index contributed by atoms with van der Waals surface area (Å²) >= 11 is 0. The van der Waals surface area contributed by atoms with E-state index in [1.54, 1.807) is 16.9 Å². The third-order valence-electron chi connectivity index (χ3n) is 2.92. The summed E-state index contributed by atoms with van der Waals surface area (Å²) in [5.74, 6) is 0.612. The van der Waals surface area contributed by atoms with Crippen molar-refractivity contribution in [3.8, 4) is 0 Å². The van der Waals surface area contributed by atoms with E-state index in [9.17, 15) is 0 Å². The number of hydrogen-bond donors (Lipinski definition) is 0. The first-order valence-corrected chi connectivity index (χ1v) is 6.35. The number of aryl methyl sites for hydroxylation is 2. The molecule has 0 aliphatic carbocycles. The number of allylic oxidation sites excluding steroid dienone is 2. The number of aromatic nitrogens is 3. The molecule has 0 radical (unpaired) electrons. The van der Waals surface area contributed by atoms with E-state index in [0.717, 1.165) is 12.1 Å². The number of hydrogen-bond acceptors (Lipinski definition) is 3. The second-order valence-electron chi connectivity index (χ2n) is 4.36. The van der Waals surface area contributed by atoms with Gasteiger partial charge in [0.2, 0.25) is 0 Å². The Morgan fingerprint density at radius 3 is 3.00 bits per heavy atom. The van der Waals surface area contributed by atoms with Crippen LogP contribution < -0.4 is 0 Å². The Kier molecular flexibility index (Phi) is 3.90. The first kappa shape index (κ1) is 13.2. The van der Waals surface area contributed by atoms with Gasteiger partial charge in [0.25, 0.3) is 0 Å². The lowest BCUT2D eigenvalue weighted by molar-refractivity contribution is 0.922. The van der Waals surface area contributed by atoms with Gasteiger partial charge in [0, 0.05) is 24.2 Å². The number of rotatable bonds is 4. The Labute approximate surface area is 113 Å². The molecule has 4 heteroatoms. The number of aliphatic imine (C=N–C) groups is 1. The topological polar surface area (TPSA) is 42.5 Å². The molecule has 0 aromatic carbocycles. The Bertz CT molecular complexity index is 662. The molecule has 2 aromatic heterocycles. The maximum atomic E-state index is 4.46. The fourth-order valence-corrected chi connectivity index (χ4v) is 1.85. The van der Waals surface area contributed by atoms with Crippen LogP contribution in [0.25, 0.3) is 11.2 Å². The van der Waals surface area contributed by atoms with Crippen molar-refractivity contribution in [2.45, 2.75) is 27.2 Å². The Morgan fingerprint density at radius 1 is 1.53 bits per heavy atom. The Balaban J connectivity index is 2.39. The van der Waals surface area contributed by atoms with E-state index in [0.29, 0.717) is 11.4 Å². The smallest absolute Gasteiger partial charge is 0.183 e. The highest BCUT2D eigenvalue weighted by atomic mass is 15.3. The maximum absolute atomic E-state index is 4.46. The molecule has 0 aliphatic heterocycles. The van der Waals surface area contributed by atoms with Crippen molar-refractivity contribution in [1.29, 1.82) is 0 Å². The zero-order chi connectivity index (χ0) is 13.8. The van der Waals surface area contributed by atoms with Crippen molar-refractivity contribution in [2.75, 3.05) is 0 Å². The van der Waals surface area contributed by atoms with E-state index >= 15 is 0 Å². The highest BCUT2D eigenvalue weighted by Gasteiger charge is 2.07. The molecule has 0 amide bonds. The van der Waals surface area contributed by atoms with Crippen molar-refractivity contribution in [1.82, 2.24) is 14.6 Å². The minimum Gasteiger partial charge on any atom is -0.264 e. The van der Waals surface area contributed by atoms with Gasteiger partial charge in [0.05, 0.1) is 0 Å². The normalized spacial score (nSPS) is 11.9. The van der Waals surface area contributed by atoms with E-state index in [1.165, 1.54) is 11.1 Å². The van der Waals surface area contributed by atoms with Gasteiger partial charge < -0.3 is 0 Å². The molecule has 0 fully saturated rings. The molecule has 0 saturated carbocycles. The van der Waals surface area contributed by atoms with E-state index in [1.807, 2.05) is 25.3 Å². The van der Waals surface area contributed by atoms with Crippen LogP contribution in [0.15, 0.2) is 36.1 Å². The van der Waals surface area contributed by atoms with Gasteiger partial charge in [-0.25, -0.2) is 9.50 Å². The Morgan fingerprint density at radius 2 is 2.32 bits per heavy atom. The molecule has 2 rings (SSSR count). The standard InChI is InChI=1S/C15H18N4/c1-5-7-16-9-12(4)15-17-14-8-11(3)13(6-2)10-19(14)18-15/h5,7-10H,4,6H2,1-3H3/b7-5+,16-9-. The molecule has 0 spiro atoms. The van der Waals surface area contributed by atoms with Gasteiger partial charge in [-0.2, -0.15) is 0 Å². The largest absolute Gasteiger partial charge is 0.264 e. The van der Waals surface area contributed by atoms with Gasteiger partial charge >= 0.3 is 0 Å². The molecule has 0 N–H and O–H groups in total. The van der Waals surface area contributed by atoms with Crippen molar-refractivity contribution in [2.24, 2.45) is 4.99 Å². The van der Waals surface area contributed by atoms with Crippen LogP contribution in [0.2, 0.25) is 0 Å². The molecular formula is C15H18N4. The number of nitrogens with zero attached hydrogens (tertiary/aromatic N) is 4. The van der Waals surface area contributed by atoms with Gasteiger partial charge in [-0.3, -0.25) is 4.99 Å². The van der Waals surface area contributed by atoms with Crippen LogP contribution in [0.3, 0.4) is 0 Å². The minimum absolute atomic E-state index is 0.612. The molecule has 0 aliphatic rings. The maximum Gasteiger partial charge on any atom is 0.183 e. The fraction of sp³-hybridized carbons (Fsp3) is 0.267. The summed E-state index contributed by atoms with van der Waals surface area (Å²) in [7, 11) is 0. The number of fused-ring (bicyclic) bond motifs is 1. The lowest BCUT2D eigenvalue weighted by Crippen LogP contribution is -1.94. The zero-order valence-corrected chi connectivity index (χ0v) is 11.6. The van der Waals surface area contributed by atoms with Crippen molar-refractivity contribution in [3.63, 3.8) is 0 Å². The van der Waals surface area contributed by atoms with Crippen molar-refractivity contribution < 1.29 is 0 Å². The Hall–Kier alpha value is -2.23. The first-order valence-electron chi connectivity index (χ1n) is 6.35. The predicted octanol–water partition coefficient (Wildman–Crippen LogP) is 3.22. The van der Waals surface area contributed by atoms with Crippen LogP contribution >= 0.6 is 0 Å². The summed E-state index contributed by atoms with van der Waals surface area (Å²) in [5, 5.41) is 4.43. The van der Waals surface area contributed by atoms with Gasteiger partial charge in [-0.15, -0.1) is 5.10 Å². The van der Waals surface area contributed by atoms with Crippen LogP contribution in [0, 0.1) is 6.92 Å². The average molecular weight is 254 g/mol. The summed E-state index contributed by atoms with van der Waals surface area (Å²) in [6, 6.07) is 2.05. The van der Waals surface area contributed by atoms with Crippen molar-refractivity contribution in [3.05, 3.63) is 48.1 Å². The summed E-state index contributed by atoms with van der Waals surface area (Å²) in [4.78, 5) is 8.56. The van der Waals surface area contributed by atoms with Crippen LogP contribution in [-0.2, 0) is 6.42 Å². The van der Waals surface area contributed by atoms with E-state index in [-0.39, 0.29) is 0 Å². The molecule has 2 aromatic rings. The first-order chi connectivity index (χ1) is 9.15. The average Bonchev–Trinajstić information content (AvgIpc) is 2.80. The third kappa shape index (κ3) is 2.78. The lowest BCUT2D eigenvalue weighted by Gasteiger charge is -2.01. The molecule has 2 heterocycles. The summed E-state index contributed by atoms with van der Waals surface area (Å²) in [6.07, 6.45) is 8.25. The van der Waals surface area contributed by atoms with Crippen LogP contribution in [-0.4, -0.2) is 20.8 Å². The second kappa shape index (κ2) is 5.61. The SMILES string of the molecule is C=C(/C=N\C=C\C)c1nc2cc(C)c(CC)cn2n1. The third-order valence-corrected chi connectivity index (χ3v) is 2.92. The molecule has 0 unspecified atom stereocenters. The van der Waals surface area contributed by atoms with E-state index < -0.39 is 0 Å². The highest BCUT2D eigenvalue weighted by Crippen LogP contribution is 2.14. The van der Waals surface area contributed by atoms with Crippen LogP contribution in [0.4, 0.5) is 0 Å². The molecule has 98 valence electrons. The minimum atomic E-state index is 0.612. The predicted molar refractivity (Wildman–Crippen MR) is 79.4 cm³/mol. The van der Waals surface area contributed by atoms with Gasteiger partial charge in [-0.05, 0) is 37.5 Å². The lowest BCUT2D eigenvalue weighted by atomic mass is 10.1. The van der Waals surface area contributed by atoms with E-state index in [2.05, 4.69) is 35.5 Å². The molecule has 0 bridgehead atoms. The molecular weight excluding hydrogens is 236 g/mol. The van der Waals surface area contributed by atoms with Crippen LogP contribution in [0.5, 0.6) is 0 Å². The van der Waals surface area contributed by atoms with Crippen LogP contribution in [0.1, 0.15) is 30.8 Å². The fourth-order valence-electron chi connectivity index (χ4n) is 1.85.